The van der Waals surface area contributed by atoms with Crippen molar-refractivity contribution < 1.29 is 14.0 Å². The molecule has 2 amide bonds. The number of halogens is 1. The van der Waals surface area contributed by atoms with Crippen LogP contribution in [0.15, 0.2) is 42.6 Å². The fourth-order valence-corrected chi connectivity index (χ4v) is 4.14. The summed E-state index contributed by atoms with van der Waals surface area (Å²) in [4.78, 5) is 34.4. The van der Waals surface area contributed by atoms with Gasteiger partial charge in [-0.1, -0.05) is 12.1 Å². The van der Waals surface area contributed by atoms with Crippen molar-refractivity contribution in [1.29, 1.82) is 0 Å². The van der Waals surface area contributed by atoms with Crippen LogP contribution in [0.1, 0.15) is 35.8 Å². The molecule has 3 heterocycles. The maximum absolute atomic E-state index is 13.6. The highest BCUT2D eigenvalue weighted by atomic mass is 19.1. The second-order valence-electron chi connectivity index (χ2n) is 7.83. The molecular formula is C23H21FN4O2. The standard InChI is InChI=1S/C23H21FN4O2/c1-13(29)26-19-12-15(8-10-25-19)22-20(14-2-4-16(24)5-3-14)21-18(27-22)9-11-28(23(21)30)17-6-7-17/h2-5,8,10,12,17,27H,6-7,9,11H2,1H3,(H,25,26,29). The summed E-state index contributed by atoms with van der Waals surface area (Å²) in [6.07, 6.45) is 4.46. The average Bonchev–Trinajstić information content (AvgIpc) is 3.48. The van der Waals surface area contributed by atoms with Gasteiger partial charge in [-0.05, 0) is 42.7 Å². The minimum Gasteiger partial charge on any atom is -0.357 e. The molecule has 30 heavy (non-hydrogen) atoms. The Labute approximate surface area is 173 Å². The largest absolute Gasteiger partial charge is 0.357 e. The minimum absolute atomic E-state index is 0.0247. The predicted molar refractivity (Wildman–Crippen MR) is 111 cm³/mol. The van der Waals surface area contributed by atoms with Crippen LogP contribution in [-0.2, 0) is 11.2 Å². The number of anilines is 1. The van der Waals surface area contributed by atoms with Crippen molar-refractivity contribution in [2.45, 2.75) is 32.2 Å². The van der Waals surface area contributed by atoms with Crippen molar-refractivity contribution in [2.24, 2.45) is 0 Å². The number of aromatic nitrogens is 2. The van der Waals surface area contributed by atoms with Crippen LogP contribution in [0.5, 0.6) is 0 Å². The molecular weight excluding hydrogens is 383 g/mol. The lowest BCUT2D eigenvalue weighted by Gasteiger charge is -2.27. The first-order valence-corrected chi connectivity index (χ1v) is 10.1. The first-order chi connectivity index (χ1) is 14.5. The van der Waals surface area contributed by atoms with Crippen LogP contribution in [-0.4, -0.2) is 39.3 Å². The third-order valence-electron chi connectivity index (χ3n) is 5.63. The second kappa shape index (κ2) is 7.09. The van der Waals surface area contributed by atoms with E-state index in [1.54, 1.807) is 24.4 Å². The van der Waals surface area contributed by atoms with E-state index in [0.717, 1.165) is 47.3 Å². The number of H-pyrrole nitrogens is 1. The number of benzene rings is 1. The zero-order chi connectivity index (χ0) is 20.8. The van der Waals surface area contributed by atoms with Gasteiger partial charge in [0.05, 0.1) is 11.3 Å². The summed E-state index contributed by atoms with van der Waals surface area (Å²) in [5, 5.41) is 2.69. The van der Waals surface area contributed by atoms with E-state index in [9.17, 15) is 14.0 Å². The maximum Gasteiger partial charge on any atom is 0.256 e. The Hall–Kier alpha value is -3.48. The molecule has 7 heteroatoms. The number of carbonyl (C=O) groups is 2. The molecule has 1 aliphatic carbocycles. The molecule has 1 fully saturated rings. The number of carbonyl (C=O) groups excluding carboxylic acids is 2. The number of amides is 2. The lowest BCUT2D eigenvalue weighted by Crippen LogP contribution is -2.39. The highest BCUT2D eigenvalue weighted by molar-refractivity contribution is 6.07. The lowest BCUT2D eigenvalue weighted by molar-refractivity contribution is -0.114. The molecule has 0 saturated heterocycles. The van der Waals surface area contributed by atoms with Crippen molar-refractivity contribution in [3.63, 3.8) is 0 Å². The monoisotopic (exact) mass is 404 g/mol. The molecule has 152 valence electrons. The van der Waals surface area contributed by atoms with Gasteiger partial charge in [0.15, 0.2) is 0 Å². The molecule has 1 aliphatic heterocycles. The fourth-order valence-electron chi connectivity index (χ4n) is 4.14. The van der Waals surface area contributed by atoms with Crippen molar-refractivity contribution >= 4 is 17.6 Å². The number of pyridine rings is 1. The summed E-state index contributed by atoms with van der Waals surface area (Å²) in [7, 11) is 0. The summed E-state index contributed by atoms with van der Waals surface area (Å²) < 4.78 is 13.6. The summed E-state index contributed by atoms with van der Waals surface area (Å²) in [6.45, 7) is 2.13. The van der Waals surface area contributed by atoms with Gasteiger partial charge in [-0.15, -0.1) is 0 Å². The highest BCUT2D eigenvalue weighted by Gasteiger charge is 2.39. The molecule has 1 aromatic carbocycles. The molecule has 2 N–H and O–H groups in total. The number of aromatic amines is 1. The van der Waals surface area contributed by atoms with Crippen LogP contribution in [0.2, 0.25) is 0 Å². The zero-order valence-corrected chi connectivity index (χ0v) is 16.5. The zero-order valence-electron chi connectivity index (χ0n) is 16.5. The van der Waals surface area contributed by atoms with Gasteiger partial charge >= 0.3 is 0 Å². The molecule has 0 unspecified atom stereocenters. The van der Waals surface area contributed by atoms with Crippen LogP contribution in [0.3, 0.4) is 0 Å². The molecule has 1 saturated carbocycles. The third-order valence-corrected chi connectivity index (χ3v) is 5.63. The lowest BCUT2D eigenvalue weighted by atomic mass is 9.94. The Morgan fingerprint density at radius 1 is 1.17 bits per heavy atom. The number of rotatable bonds is 4. The number of hydrogen-bond donors (Lipinski definition) is 2. The second-order valence-corrected chi connectivity index (χ2v) is 7.83. The van der Waals surface area contributed by atoms with Crippen LogP contribution in [0, 0.1) is 5.82 Å². The van der Waals surface area contributed by atoms with Gasteiger partial charge in [-0.25, -0.2) is 9.37 Å². The van der Waals surface area contributed by atoms with Gasteiger partial charge in [0, 0.05) is 48.9 Å². The van der Waals surface area contributed by atoms with E-state index in [-0.39, 0.29) is 17.6 Å². The topological polar surface area (TPSA) is 78.1 Å². The van der Waals surface area contributed by atoms with E-state index >= 15 is 0 Å². The van der Waals surface area contributed by atoms with E-state index in [1.165, 1.54) is 19.1 Å². The van der Waals surface area contributed by atoms with Crippen molar-refractivity contribution in [3.8, 4) is 22.4 Å². The Bertz CT molecular complexity index is 1150. The quantitative estimate of drug-likeness (QED) is 0.690. The number of fused-ring (bicyclic) bond motifs is 1. The molecule has 2 aromatic heterocycles. The maximum atomic E-state index is 13.6. The summed E-state index contributed by atoms with van der Waals surface area (Å²) in [5.74, 6) is -0.0767. The Balaban J connectivity index is 1.68. The first kappa shape index (κ1) is 18.5. The first-order valence-electron chi connectivity index (χ1n) is 10.1. The van der Waals surface area contributed by atoms with E-state index in [0.29, 0.717) is 24.0 Å². The summed E-state index contributed by atoms with van der Waals surface area (Å²) in [6, 6.07) is 10.1. The molecule has 6 nitrogen and oxygen atoms in total. The third kappa shape index (κ3) is 3.26. The van der Waals surface area contributed by atoms with Crippen LogP contribution < -0.4 is 5.32 Å². The van der Waals surface area contributed by atoms with Crippen molar-refractivity contribution in [3.05, 3.63) is 59.7 Å². The van der Waals surface area contributed by atoms with Gasteiger partial charge in [-0.2, -0.15) is 0 Å². The molecule has 2 aliphatic rings. The Kier molecular flexibility index (Phi) is 4.38. The molecule has 0 spiro atoms. The molecule has 0 atom stereocenters. The van der Waals surface area contributed by atoms with E-state index in [4.69, 9.17) is 0 Å². The summed E-state index contributed by atoms with van der Waals surface area (Å²) >= 11 is 0. The van der Waals surface area contributed by atoms with E-state index < -0.39 is 0 Å². The van der Waals surface area contributed by atoms with Crippen molar-refractivity contribution in [1.82, 2.24) is 14.9 Å². The predicted octanol–water partition coefficient (Wildman–Crippen LogP) is 4.00. The smallest absolute Gasteiger partial charge is 0.256 e. The van der Waals surface area contributed by atoms with Crippen LogP contribution >= 0.6 is 0 Å². The van der Waals surface area contributed by atoms with Gasteiger partial charge in [0.1, 0.15) is 11.6 Å². The molecule has 5 rings (SSSR count). The molecule has 0 bridgehead atoms. The summed E-state index contributed by atoms with van der Waals surface area (Å²) in [5.41, 5.74) is 4.66. The highest BCUT2D eigenvalue weighted by Crippen LogP contribution is 2.41. The Morgan fingerprint density at radius 3 is 2.63 bits per heavy atom. The van der Waals surface area contributed by atoms with Gasteiger partial charge in [0.2, 0.25) is 5.91 Å². The SMILES string of the molecule is CC(=O)Nc1cc(-c2[nH]c3c(c2-c2ccc(F)cc2)C(=O)N(C2CC2)CC3)ccn1. The average molecular weight is 404 g/mol. The minimum atomic E-state index is -0.326. The number of nitrogens with one attached hydrogen (secondary N) is 2. The van der Waals surface area contributed by atoms with E-state index in [2.05, 4.69) is 15.3 Å². The fraction of sp³-hybridized carbons (Fsp3) is 0.261. The van der Waals surface area contributed by atoms with Crippen LogP contribution in [0.4, 0.5) is 10.2 Å². The normalized spacial score (nSPS) is 15.8. The van der Waals surface area contributed by atoms with Gasteiger partial charge < -0.3 is 15.2 Å². The van der Waals surface area contributed by atoms with Gasteiger partial charge in [0.25, 0.3) is 5.91 Å². The van der Waals surface area contributed by atoms with Crippen LogP contribution in [0.25, 0.3) is 22.4 Å². The van der Waals surface area contributed by atoms with Crippen molar-refractivity contribution in [2.75, 3.05) is 11.9 Å². The number of hydrogen-bond acceptors (Lipinski definition) is 3. The van der Waals surface area contributed by atoms with Gasteiger partial charge in [-0.3, -0.25) is 9.59 Å². The number of nitrogens with zero attached hydrogens (tertiary/aromatic N) is 2. The molecule has 3 aromatic rings. The molecule has 0 radical (unpaired) electrons. The Morgan fingerprint density at radius 2 is 1.93 bits per heavy atom. The van der Waals surface area contributed by atoms with E-state index in [1.807, 2.05) is 11.0 Å².